The van der Waals surface area contributed by atoms with E-state index < -0.39 is 6.10 Å². The first-order chi connectivity index (χ1) is 9.58. The normalized spacial score (nSPS) is 17.9. The molecule has 6 heteroatoms. The largest absolute Gasteiger partial charge is 0.459 e. The van der Waals surface area contributed by atoms with Crippen LogP contribution in [0.25, 0.3) is 0 Å². The van der Waals surface area contributed by atoms with E-state index in [-0.39, 0.29) is 12.5 Å². The summed E-state index contributed by atoms with van der Waals surface area (Å²) in [6.45, 7) is 5.72. The Kier molecular flexibility index (Phi) is 5.17. The zero-order chi connectivity index (χ0) is 14.5. The smallest absolute Gasteiger partial charge is 0.289 e. The van der Waals surface area contributed by atoms with Crippen molar-refractivity contribution in [3.63, 3.8) is 0 Å². The average molecular weight is 282 g/mol. The van der Waals surface area contributed by atoms with Crippen molar-refractivity contribution in [2.45, 2.75) is 13.0 Å². The predicted octanol–water partition coefficient (Wildman–Crippen LogP) is 0.353. The molecule has 1 N–H and O–H groups in total. The summed E-state index contributed by atoms with van der Waals surface area (Å²) in [5, 5.41) is 10.1. The fraction of sp³-hybridized carbons (Fsp3) is 0.643. The van der Waals surface area contributed by atoms with Gasteiger partial charge in [-0.3, -0.25) is 9.69 Å². The molecule has 1 unspecified atom stereocenters. The lowest BCUT2D eigenvalue weighted by molar-refractivity contribution is 0.00852. The number of aryl methyl sites for hydroxylation is 1. The molecule has 2 heterocycles. The Morgan fingerprint density at radius 1 is 1.50 bits per heavy atom. The number of carbonyl (C=O) groups excluding carboxylic acids is 1. The zero-order valence-electron chi connectivity index (χ0n) is 12.0. The maximum absolute atomic E-state index is 12.1. The van der Waals surface area contributed by atoms with Gasteiger partial charge in [-0.2, -0.15) is 0 Å². The Morgan fingerprint density at radius 2 is 2.20 bits per heavy atom. The van der Waals surface area contributed by atoms with Crippen molar-refractivity contribution in [2.75, 3.05) is 46.4 Å². The third-order valence-corrected chi connectivity index (χ3v) is 3.46. The second-order valence-electron chi connectivity index (χ2n) is 5.19. The Hall–Kier alpha value is -1.37. The van der Waals surface area contributed by atoms with E-state index in [1.807, 2.05) is 6.92 Å². The highest BCUT2D eigenvalue weighted by Crippen LogP contribution is 2.11. The lowest BCUT2D eigenvalue weighted by Crippen LogP contribution is -2.45. The second kappa shape index (κ2) is 6.88. The van der Waals surface area contributed by atoms with Gasteiger partial charge < -0.3 is 19.2 Å². The number of aliphatic hydroxyl groups excluding tert-OH is 1. The van der Waals surface area contributed by atoms with Crippen LogP contribution < -0.4 is 0 Å². The first kappa shape index (κ1) is 15.0. The third-order valence-electron chi connectivity index (χ3n) is 3.46. The lowest BCUT2D eigenvalue weighted by Gasteiger charge is -2.29. The number of likely N-dealkylation sites (N-methyl/N-ethyl adjacent to an activating group) is 1. The minimum Gasteiger partial charge on any atom is -0.459 e. The number of nitrogens with zero attached hydrogens (tertiary/aromatic N) is 2. The maximum atomic E-state index is 12.1. The van der Waals surface area contributed by atoms with Crippen molar-refractivity contribution in [3.8, 4) is 0 Å². The minimum absolute atomic E-state index is 0.200. The van der Waals surface area contributed by atoms with E-state index >= 15 is 0 Å². The molecule has 1 aliphatic rings. The highest BCUT2D eigenvalue weighted by molar-refractivity contribution is 5.92. The van der Waals surface area contributed by atoms with E-state index in [4.69, 9.17) is 9.15 Å². The zero-order valence-corrected chi connectivity index (χ0v) is 12.0. The van der Waals surface area contributed by atoms with E-state index in [2.05, 4.69) is 4.90 Å². The van der Waals surface area contributed by atoms with Gasteiger partial charge in [-0.1, -0.05) is 0 Å². The van der Waals surface area contributed by atoms with Gasteiger partial charge in [0.1, 0.15) is 0 Å². The van der Waals surface area contributed by atoms with Crippen LogP contribution in [0.4, 0.5) is 0 Å². The van der Waals surface area contributed by atoms with Crippen molar-refractivity contribution < 1.29 is 19.1 Å². The number of β-amino-alcohol motifs (C(OH)–C–C–N with tert-alkyl or cyclic N) is 1. The molecule has 2 rings (SSSR count). The lowest BCUT2D eigenvalue weighted by atomic mass is 10.2. The number of carbonyl (C=O) groups is 1. The first-order valence-corrected chi connectivity index (χ1v) is 6.85. The van der Waals surface area contributed by atoms with E-state index in [1.54, 1.807) is 13.1 Å². The highest BCUT2D eigenvalue weighted by Gasteiger charge is 2.21. The quantitative estimate of drug-likeness (QED) is 0.844. The molecule has 6 nitrogen and oxygen atoms in total. The highest BCUT2D eigenvalue weighted by atomic mass is 16.5. The molecule has 1 amide bonds. The minimum atomic E-state index is -0.572. The molecule has 0 radical (unpaired) electrons. The molecule has 112 valence electrons. The van der Waals surface area contributed by atoms with E-state index in [0.717, 1.165) is 18.7 Å². The summed E-state index contributed by atoms with van der Waals surface area (Å²) in [4.78, 5) is 15.8. The van der Waals surface area contributed by atoms with Gasteiger partial charge in [0, 0.05) is 38.8 Å². The molecule has 0 spiro atoms. The number of morpholine rings is 1. The summed E-state index contributed by atoms with van der Waals surface area (Å²) < 4.78 is 10.4. The monoisotopic (exact) mass is 282 g/mol. The summed E-state index contributed by atoms with van der Waals surface area (Å²) in [5.41, 5.74) is 0.810. The number of ether oxygens (including phenoxy) is 1. The first-order valence-electron chi connectivity index (χ1n) is 6.85. The molecule has 1 aromatic rings. The van der Waals surface area contributed by atoms with Crippen molar-refractivity contribution in [1.82, 2.24) is 9.80 Å². The van der Waals surface area contributed by atoms with Crippen molar-refractivity contribution >= 4 is 5.91 Å². The van der Waals surface area contributed by atoms with Gasteiger partial charge >= 0.3 is 0 Å². The predicted molar refractivity (Wildman–Crippen MR) is 73.7 cm³/mol. The molecule has 0 saturated carbocycles. The summed E-state index contributed by atoms with van der Waals surface area (Å²) in [6.07, 6.45) is 0.929. The van der Waals surface area contributed by atoms with Crippen LogP contribution in [0, 0.1) is 6.92 Å². The Labute approximate surface area is 118 Å². The van der Waals surface area contributed by atoms with Crippen LogP contribution in [-0.4, -0.2) is 73.4 Å². The van der Waals surface area contributed by atoms with Crippen molar-refractivity contribution in [3.05, 3.63) is 23.7 Å². The average Bonchev–Trinajstić information content (AvgIpc) is 2.85. The number of rotatable bonds is 5. The van der Waals surface area contributed by atoms with Crippen LogP contribution in [0.2, 0.25) is 0 Å². The van der Waals surface area contributed by atoms with Gasteiger partial charge in [-0.25, -0.2) is 0 Å². The number of amides is 1. The topological polar surface area (TPSA) is 66.2 Å². The van der Waals surface area contributed by atoms with Crippen LogP contribution in [-0.2, 0) is 4.74 Å². The molecule has 0 aliphatic carbocycles. The number of furan rings is 1. The molecule has 20 heavy (non-hydrogen) atoms. The number of aliphatic hydroxyl groups is 1. The molecule has 1 atom stereocenters. The summed E-state index contributed by atoms with van der Waals surface area (Å²) in [5.74, 6) is 0.139. The van der Waals surface area contributed by atoms with Crippen molar-refractivity contribution in [1.29, 1.82) is 0 Å². The molecule has 0 aromatic carbocycles. The Morgan fingerprint density at radius 3 is 2.80 bits per heavy atom. The van der Waals surface area contributed by atoms with E-state index in [0.29, 0.717) is 25.5 Å². The molecular formula is C14H22N2O4. The van der Waals surface area contributed by atoms with Gasteiger partial charge in [-0.15, -0.1) is 0 Å². The van der Waals surface area contributed by atoms with Gasteiger partial charge in [-0.05, 0) is 13.0 Å². The summed E-state index contributed by atoms with van der Waals surface area (Å²) in [6, 6.07) is 1.76. The van der Waals surface area contributed by atoms with Crippen LogP contribution in [0.3, 0.4) is 0 Å². The van der Waals surface area contributed by atoms with Gasteiger partial charge in [0.2, 0.25) is 0 Å². The van der Waals surface area contributed by atoms with Crippen LogP contribution in [0.5, 0.6) is 0 Å². The van der Waals surface area contributed by atoms with Crippen LogP contribution in [0.1, 0.15) is 16.1 Å². The summed E-state index contributed by atoms with van der Waals surface area (Å²) in [7, 11) is 1.67. The van der Waals surface area contributed by atoms with Gasteiger partial charge in [0.15, 0.2) is 5.76 Å². The Bertz CT molecular complexity index is 440. The van der Waals surface area contributed by atoms with Crippen LogP contribution >= 0.6 is 0 Å². The van der Waals surface area contributed by atoms with Gasteiger partial charge in [0.05, 0.1) is 25.6 Å². The SMILES string of the molecule is Cc1ccoc1C(=O)N(C)CC(O)CN1CCOCC1. The molecule has 1 aliphatic heterocycles. The van der Waals surface area contributed by atoms with Crippen LogP contribution in [0.15, 0.2) is 16.7 Å². The van der Waals surface area contributed by atoms with E-state index in [9.17, 15) is 9.90 Å². The number of hydrogen-bond acceptors (Lipinski definition) is 5. The fourth-order valence-corrected chi connectivity index (χ4v) is 2.30. The van der Waals surface area contributed by atoms with Gasteiger partial charge in [0.25, 0.3) is 5.91 Å². The second-order valence-corrected chi connectivity index (χ2v) is 5.19. The molecule has 1 fully saturated rings. The standard InChI is InChI=1S/C14H22N2O4/c1-11-3-6-20-13(11)14(18)15(2)9-12(17)10-16-4-7-19-8-5-16/h3,6,12,17H,4-5,7-10H2,1-2H3. The fourth-order valence-electron chi connectivity index (χ4n) is 2.30. The Balaban J connectivity index is 1.82. The maximum Gasteiger partial charge on any atom is 0.289 e. The molecular weight excluding hydrogens is 260 g/mol. The molecule has 0 bridgehead atoms. The number of hydrogen-bond donors (Lipinski definition) is 1. The van der Waals surface area contributed by atoms with E-state index in [1.165, 1.54) is 11.2 Å². The molecule has 1 saturated heterocycles. The molecule has 1 aromatic heterocycles. The third kappa shape index (κ3) is 3.82. The van der Waals surface area contributed by atoms with Crippen molar-refractivity contribution in [2.24, 2.45) is 0 Å². The summed E-state index contributed by atoms with van der Waals surface area (Å²) >= 11 is 0.